The molecule has 0 unspecified atom stereocenters. The van der Waals surface area contributed by atoms with Crippen LogP contribution < -0.4 is 10.1 Å². The molecule has 0 atom stereocenters. The van der Waals surface area contributed by atoms with E-state index in [4.69, 9.17) is 4.74 Å². The fourth-order valence-electron chi connectivity index (χ4n) is 2.32. The molecule has 1 N–H and O–H groups in total. The molecule has 0 bridgehead atoms. The summed E-state index contributed by atoms with van der Waals surface area (Å²) < 4.78 is 18.5. The van der Waals surface area contributed by atoms with Crippen molar-refractivity contribution >= 4 is 11.6 Å². The van der Waals surface area contributed by atoms with Gasteiger partial charge in [0.05, 0.1) is 17.1 Å². The van der Waals surface area contributed by atoms with E-state index in [1.54, 1.807) is 26.0 Å². The molecule has 0 radical (unpaired) electrons. The molecule has 0 aliphatic heterocycles. The van der Waals surface area contributed by atoms with Gasteiger partial charge < -0.3 is 10.1 Å². The van der Waals surface area contributed by atoms with Crippen LogP contribution in [0.15, 0.2) is 24.3 Å². The Morgan fingerprint density at radius 3 is 2.20 bits per heavy atom. The normalized spacial score (nSPS) is 11.3. The van der Waals surface area contributed by atoms with Gasteiger partial charge in [-0.05, 0) is 37.0 Å². The Bertz CT molecular complexity index is 729. The zero-order valence-electron chi connectivity index (χ0n) is 15.3. The van der Waals surface area contributed by atoms with Crippen LogP contribution in [0.2, 0.25) is 0 Å². The summed E-state index contributed by atoms with van der Waals surface area (Å²) in [6.07, 6.45) is 0.411. The molecule has 1 amide bonds. The number of rotatable bonds is 5. The molecule has 1 heterocycles. The molecular weight excluding hydrogens is 321 g/mol. The molecule has 0 aliphatic carbocycles. The number of carbonyl (C=O) groups excluding carboxylic acids is 1. The molecule has 0 saturated heterocycles. The van der Waals surface area contributed by atoms with E-state index in [9.17, 15) is 9.18 Å². The fourth-order valence-corrected chi connectivity index (χ4v) is 2.32. The first-order valence-electron chi connectivity index (χ1n) is 8.16. The summed E-state index contributed by atoms with van der Waals surface area (Å²) in [6.45, 7) is 9.87. The Labute approximate surface area is 147 Å². The Morgan fingerprint density at radius 2 is 1.68 bits per heavy atom. The number of aromatic nitrogens is 2. The minimum absolute atomic E-state index is 0.0673. The third-order valence-electron chi connectivity index (χ3n) is 3.49. The number of hydrogen-bond donors (Lipinski definition) is 1. The lowest BCUT2D eigenvalue weighted by Crippen LogP contribution is -2.21. The number of ether oxygens (including phenoxy) is 1. The Hall–Kier alpha value is -2.50. The summed E-state index contributed by atoms with van der Waals surface area (Å²) in [5, 5.41) is 2.88. The second kappa shape index (κ2) is 7.59. The minimum atomic E-state index is -0.290. The number of halogens is 1. The number of nitrogens with one attached hydrogen (secondary N) is 1. The maximum atomic E-state index is 12.9. The standard InChI is InChI=1S/C19H24FN3O2/c1-12-17(23-16(24)10-19(3,4)5)13(2)22-18(21-12)25-11-14-6-8-15(20)9-7-14/h6-9H,10-11H2,1-5H3,(H,23,24). The second-order valence-electron chi connectivity index (χ2n) is 7.25. The lowest BCUT2D eigenvalue weighted by atomic mass is 9.92. The van der Waals surface area contributed by atoms with Gasteiger partial charge in [0.1, 0.15) is 12.4 Å². The largest absolute Gasteiger partial charge is 0.459 e. The van der Waals surface area contributed by atoms with Crippen LogP contribution in [0.4, 0.5) is 10.1 Å². The van der Waals surface area contributed by atoms with Crippen molar-refractivity contribution in [1.82, 2.24) is 9.97 Å². The van der Waals surface area contributed by atoms with E-state index in [1.165, 1.54) is 12.1 Å². The van der Waals surface area contributed by atoms with Crippen molar-refractivity contribution in [3.63, 3.8) is 0 Å². The first kappa shape index (κ1) is 18.8. The summed E-state index contributed by atoms with van der Waals surface area (Å²) in [5.74, 6) is -0.357. The van der Waals surface area contributed by atoms with Crippen LogP contribution in [0.25, 0.3) is 0 Å². The summed E-state index contributed by atoms with van der Waals surface area (Å²) in [6, 6.07) is 6.29. The summed E-state index contributed by atoms with van der Waals surface area (Å²) >= 11 is 0. The van der Waals surface area contributed by atoms with E-state index in [0.29, 0.717) is 23.5 Å². The number of anilines is 1. The van der Waals surface area contributed by atoms with Gasteiger partial charge >= 0.3 is 6.01 Å². The maximum absolute atomic E-state index is 12.9. The van der Waals surface area contributed by atoms with Gasteiger partial charge in [0.2, 0.25) is 5.91 Å². The van der Waals surface area contributed by atoms with E-state index in [2.05, 4.69) is 15.3 Å². The number of amides is 1. The molecule has 2 aromatic rings. The Balaban J connectivity index is 2.06. The van der Waals surface area contributed by atoms with Crippen molar-refractivity contribution in [2.24, 2.45) is 5.41 Å². The van der Waals surface area contributed by atoms with E-state index in [1.807, 2.05) is 20.8 Å². The molecule has 6 heteroatoms. The highest BCUT2D eigenvalue weighted by Gasteiger charge is 2.18. The lowest BCUT2D eigenvalue weighted by molar-refractivity contribution is -0.117. The molecule has 0 fully saturated rings. The van der Waals surface area contributed by atoms with Crippen LogP contribution in [0.5, 0.6) is 6.01 Å². The van der Waals surface area contributed by atoms with Gasteiger partial charge in [-0.3, -0.25) is 4.79 Å². The van der Waals surface area contributed by atoms with E-state index >= 15 is 0 Å². The molecule has 1 aromatic carbocycles. The van der Waals surface area contributed by atoms with Gasteiger partial charge in [-0.2, -0.15) is 9.97 Å². The van der Waals surface area contributed by atoms with Crippen LogP contribution in [-0.4, -0.2) is 15.9 Å². The number of benzene rings is 1. The van der Waals surface area contributed by atoms with Gasteiger partial charge in [0.15, 0.2) is 0 Å². The van der Waals surface area contributed by atoms with Crippen molar-refractivity contribution < 1.29 is 13.9 Å². The summed E-state index contributed by atoms with van der Waals surface area (Å²) in [4.78, 5) is 20.7. The van der Waals surface area contributed by atoms with Crippen molar-refractivity contribution in [3.05, 3.63) is 47.0 Å². The monoisotopic (exact) mass is 345 g/mol. The van der Waals surface area contributed by atoms with Crippen LogP contribution in [0.1, 0.15) is 44.1 Å². The van der Waals surface area contributed by atoms with Gasteiger partial charge in [-0.1, -0.05) is 32.9 Å². The number of carbonyl (C=O) groups is 1. The van der Waals surface area contributed by atoms with Crippen LogP contribution in [-0.2, 0) is 11.4 Å². The molecule has 2 rings (SSSR count). The van der Waals surface area contributed by atoms with Crippen LogP contribution in [0, 0.1) is 25.1 Å². The summed E-state index contributed by atoms with van der Waals surface area (Å²) in [5.41, 5.74) is 2.63. The van der Waals surface area contributed by atoms with Crippen LogP contribution in [0.3, 0.4) is 0 Å². The van der Waals surface area contributed by atoms with Gasteiger partial charge in [-0.15, -0.1) is 0 Å². The summed E-state index contributed by atoms with van der Waals surface area (Å²) in [7, 11) is 0. The highest BCUT2D eigenvalue weighted by atomic mass is 19.1. The highest BCUT2D eigenvalue weighted by molar-refractivity contribution is 5.92. The van der Waals surface area contributed by atoms with Crippen molar-refractivity contribution in [2.75, 3.05) is 5.32 Å². The van der Waals surface area contributed by atoms with Crippen molar-refractivity contribution in [3.8, 4) is 6.01 Å². The molecular formula is C19H24FN3O2. The van der Waals surface area contributed by atoms with E-state index in [-0.39, 0.29) is 29.8 Å². The van der Waals surface area contributed by atoms with Crippen molar-refractivity contribution in [2.45, 2.75) is 47.6 Å². The molecule has 5 nitrogen and oxygen atoms in total. The number of hydrogen-bond acceptors (Lipinski definition) is 4. The average molecular weight is 345 g/mol. The molecule has 0 saturated carbocycles. The molecule has 25 heavy (non-hydrogen) atoms. The zero-order chi connectivity index (χ0) is 18.6. The first-order chi connectivity index (χ1) is 11.6. The topological polar surface area (TPSA) is 64.1 Å². The van der Waals surface area contributed by atoms with E-state index < -0.39 is 0 Å². The predicted octanol–water partition coefficient (Wildman–Crippen LogP) is 4.19. The first-order valence-corrected chi connectivity index (χ1v) is 8.16. The fraction of sp³-hybridized carbons (Fsp3) is 0.421. The molecule has 0 spiro atoms. The number of aryl methyl sites for hydroxylation is 2. The van der Waals surface area contributed by atoms with Gasteiger partial charge in [0.25, 0.3) is 0 Å². The maximum Gasteiger partial charge on any atom is 0.317 e. The van der Waals surface area contributed by atoms with E-state index in [0.717, 1.165) is 5.56 Å². The Morgan fingerprint density at radius 1 is 1.12 bits per heavy atom. The Kier molecular flexibility index (Phi) is 5.72. The zero-order valence-corrected chi connectivity index (χ0v) is 15.3. The molecule has 134 valence electrons. The lowest BCUT2D eigenvalue weighted by Gasteiger charge is -2.18. The molecule has 0 aliphatic rings. The second-order valence-corrected chi connectivity index (χ2v) is 7.25. The van der Waals surface area contributed by atoms with Crippen molar-refractivity contribution in [1.29, 1.82) is 0 Å². The smallest absolute Gasteiger partial charge is 0.317 e. The quantitative estimate of drug-likeness (QED) is 0.883. The van der Waals surface area contributed by atoms with Gasteiger partial charge in [-0.25, -0.2) is 4.39 Å². The molecule has 1 aromatic heterocycles. The van der Waals surface area contributed by atoms with Crippen LogP contribution >= 0.6 is 0 Å². The third-order valence-corrected chi connectivity index (χ3v) is 3.49. The third kappa shape index (κ3) is 5.81. The highest BCUT2D eigenvalue weighted by Crippen LogP contribution is 2.23. The SMILES string of the molecule is Cc1nc(OCc2ccc(F)cc2)nc(C)c1NC(=O)CC(C)(C)C. The minimum Gasteiger partial charge on any atom is -0.459 e. The van der Waals surface area contributed by atoms with Gasteiger partial charge in [0, 0.05) is 6.42 Å². The number of nitrogens with zero attached hydrogens (tertiary/aromatic N) is 2. The average Bonchev–Trinajstić information content (AvgIpc) is 2.48. The predicted molar refractivity (Wildman–Crippen MR) is 94.9 cm³/mol.